The van der Waals surface area contributed by atoms with Gasteiger partial charge in [0.05, 0.1) is 10.5 Å². The molecule has 1 atom stereocenters. The Morgan fingerprint density at radius 2 is 1.47 bits per heavy atom. The van der Waals surface area contributed by atoms with Crippen LogP contribution >= 0.6 is 15.9 Å². The second-order valence-corrected chi connectivity index (χ2v) is 4.92. The van der Waals surface area contributed by atoms with E-state index >= 15 is 0 Å². The van der Waals surface area contributed by atoms with Gasteiger partial charge < -0.3 is 5.32 Å². The first-order valence-electron chi connectivity index (χ1n) is 5.60. The molecule has 100 valence electrons. The first-order chi connectivity index (χ1) is 9.02. The standard InChI is InChI=1S/C14H11BrF3N/c1-19-14(8-2-4-11(16)10(15)6-8)9-3-5-12(17)13(18)7-9/h2-7,14,19H,1H3. The Labute approximate surface area is 117 Å². The van der Waals surface area contributed by atoms with Gasteiger partial charge in [-0.2, -0.15) is 0 Å². The van der Waals surface area contributed by atoms with E-state index in [1.165, 1.54) is 12.1 Å². The van der Waals surface area contributed by atoms with Gasteiger partial charge in [-0.25, -0.2) is 13.2 Å². The van der Waals surface area contributed by atoms with Gasteiger partial charge >= 0.3 is 0 Å². The average Bonchev–Trinajstić information content (AvgIpc) is 2.39. The van der Waals surface area contributed by atoms with Crippen LogP contribution in [0, 0.1) is 17.5 Å². The molecule has 1 nitrogen and oxygen atoms in total. The van der Waals surface area contributed by atoms with E-state index in [4.69, 9.17) is 0 Å². The molecule has 2 aromatic rings. The Morgan fingerprint density at radius 1 is 0.895 bits per heavy atom. The van der Waals surface area contributed by atoms with Crippen LogP contribution in [-0.2, 0) is 0 Å². The fraction of sp³-hybridized carbons (Fsp3) is 0.143. The summed E-state index contributed by atoms with van der Waals surface area (Å²) in [5, 5.41) is 3.00. The molecule has 0 radical (unpaired) electrons. The minimum absolute atomic E-state index is 0.327. The van der Waals surface area contributed by atoms with Crippen LogP contribution < -0.4 is 5.32 Å². The topological polar surface area (TPSA) is 12.0 Å². The number of hydrogen-bond acceptors (Lipinski definition) is 1. The molecule has 0 amide bonds. The molecule has 0 fully saturated rings. The molecule has 2 rings (SSSR count). The lowest BCUT2D eigenvalue weighted by molar-refractivity contribution is 0.505. The normalized spacial score (nSPS) is 12.5. The Morgan fingerprint density at radius 3 is 2.00 bits per heavy atom. The summed E-state index contributed by atoms with van der Waals surface area (Å²) in [5.41, 5.74) is 1.32. The van der Waals surface area contributed by atoms with Crippen LogP contribution in [0.25, 0.3) is 0 Å². The molecular weight excluding hydrogens is 319 g/mol. The van der Waals surface area contributed by atoms with Crippen molar-refractivity contribution in [1.82, 2.24) is 5.32 Å². The van der Waals surface area contributed by atoms with E-state index < -0.39 is 11.6 Å². The molecular formula is C14H11BrF3N. The molecule has 0 spiro atoms. The van der Waals surface area contributed by atoms with E-state index in [1.807, 2.05) is 0 Å². The average molecular weight is 330 g/mol. The van der Waals surface area contributed by atoms with Crippen molar-refractivity contribution < 1.29 is 13.2 Å². The quantitative estimate of drug-likeness (QED) is 0.890. The summed E-state index contributed by atoms with van der Waals surface area (Å²) in [6.07, 6.45) is 0. The zero-order chi connectivity index (χ0) is 14.0. The second kappa shape index (κ2) is 5.75. The monoisotopic (exact) mass is 329 g/mol. The molecule has 1 N–H and O–H groups in total. The lowest BCUT2D eigenvalue weighted by atomic mass is 9.98. The van der Waals surface area contributed by atoms with Crippen molar-refractivity contribution in [2.45, 2.75) is 6.04 Å². The smallest absolute Gasteiger partial charge is 0.159 e. The minimum Gasteiger partial charge on any atom is -0.309 e. The summed E-state index contributed by atoms with van der Waals surface area (Å²) in [5.74, 6) is -2.17. The number of halogens is 4. The number of rotatable bonds is 3. The third kappa shape index (κ3) is 2.98. The van der Waals surface area contributed by atoms with Crippen LogP contribution in [-0.4, -0.2) is 7.05 Å². The predicted octanol–water partition coefficient (Wildman–Crippen LogP) is 4.18. The summed E-state index contributed by atoms with van der Waals surface area (Å²) in [7, 11) is 1.70. The summed E-state index contributed by atoms with van der Waals surface area (Å²) in [6.45, 7) is 0. The number of benzene rings is 2. The van der Waals surface area contributed by atoms with Gasteiger partial charge in [-0.05, 0) is 58.4 Å². The molecule has 0 aromatic heterocycles. The van der Waals surface area contributed by atoms with E-state index in [9.17, 15) is 13.2 Å². The van der Waals surface area contributed by atoms with Crippen molar-refractivity contribution >= 4 is 15.9 Å². The highest BCUT2D eigenvalue weighted by atomic mass is 79.9. The van der Waals surface area contributed by atoms with Crippen molar-refractivity contribution in [3.05, 3.63) is 69.4 Å². The molecule has 1 unspecified atom stereocenters. The van der Waals surface area contributed by atoms with Crippen molar-refractivity contribution in [2.75, 3.05) is 7.05 Å². The highest BCUT2D eigenvalue weighted by Gasteiger charge is 2.15. The van der Waals surface area contributed by atoms with Crippen LogP contribution in [0.4, 0.5) is 13.2 Å². The van der Waals surface area contributed by atoms with Gasteiger partial charge in [-0.3, -0.25) is 0 Å². The van der Waals surface area contributed by atoms with Gasteiger partial charge in [-0.15, -0.1) is 0 Å². The molecule has 0 aliphatic heterocycles. The molecule has 0 saturated heterocycles. The van der Waals surface area contributed by atoms with Gasteiger partial charge in [0.2, 0.25) is 0 Å². The predicted molar refractivity (Wildman–Crippen MR) is 71.4 cm³/mol. The highest BCUT2D eigenvalue weighted by molar-refractivity contribution is 9.10. The number of hydrogen-bond donors (Lipinski definition) is 1. The van der Waals surface area contributed by atoms with Crippen molar-refractivity contribution in [3.8, 4) is 0 Å². The van der Waals surface area contributed by atoms with Gasteiger partial charge in [0, 0.05) is 0 Å². The molecule has 2 aromatic carbocycles. The van der Waals surface area contributed by atoms with Gasteiger partial charge in [-0.1, -0.05) is 12.1 Å². The summed E-state index contributed by atoms with van der Waals surface area (Å²) < 4.78 is 39.7. The molecule has 5 heteroatoms. The van der Waals surface area contributed by atoms with Crippen LogP contribution in [0.5, 0.6) is 0 Å². The maximum Gasteiger partial charge on any atom is 0.159 e. The molecule has 19 heavy (non-hydrogen) atoms. The second-order valence-electron chi connectivity index (χ2n) is 4.07. The summed E-state index contributed by atoms with van der Waals surface area (Å²) in [6, 6.07) is 7.90. The van der Waals surface area contributed by atoms with E-state index in [2.05, 4.69) is 21.2 Å². The van der Waals surface area contributed by atoms with Gasteiger partial charge in [0.25, 0.3) is 0 Å². The lowest BCUT2D eigenvalue weighted by Crippen LogP contribution is -2.18. The van der Waals surface area contributed by atoms with Crippen molar-refractivity contribution in [3.63, 3.8) is 0 Å². The molecule has 0 aliphatic carbocycles. The first kappa shape index (κ1) is 14.1. The van der Waals surface area contributed by atoms with Gasteiger partial charge in [0.15, 0.2) is 11.6 Å². The van der Waals surface area contributed by atoms with E-state index in [0.717, 1.165) is 17.7 Å². The maximum absolute atomic E-state index is 13.3. The SMILES string of the molecule is CNC(c1ccc(F)c(F)c1)c1ccc(F)c(Br)c1. The third-order valence-electron chi connectivity index (χ3n) is 2.84. The Bertz CT molecular complexity index is 550. The van der Waals surface area contributed by atoms with Crippen molar-refractivity contribution in [2.24, 2.45) is 0 Å². The van der Waals surface area contributed by atoms with E-state index in [0.29, 0.717) is 10.0 Å². The largest absolute Gasteiger partial charge is 0.309 e. The number of nitrogens with one attached hydrogen (secondary N) is 1. The fourth-order valence-electron chi connectivity index (χ4n) is 1.91. The van der Waals surface area contributed by atoms with E-state index in [1.54, 1.807) is 19.2 Å². The molecule has 0 aliphatic rings. The van der Waals surface area contributed by atoms with E-state index in [-0.39, 0.29) is 11.9 Å². The fourth-order valence-corrected chi connectivity index (χ4v) is 2.31. The first-order valence-corrected chi connectivity index (χ1v) is 6.39. The Hall–Kier alpha value is -1.33. The zero-order valence-electron chi connectivity index (χ0n) is 10.1. The maximum atomic E-state index is 13.3. The molecule has 0 saturated carbocycles. The molecule has 0 heterocycles. The third-order valence-corrected chi connectivity index (χ3v) is 3.45. The summed E-state index contributed by atoms with van der Waals surface area (Å²) >= 11 is 3.11. The lowest BCUT2D eigenvalue weighted by Gasteiger charge is -2.18. The van der Waals surface area contributed by atoms with Gasteiger partial charge in [0.1, 0.15) is 5.82 Å². The van der Waals surface area contributed by atoms with Crippen LogP contribution in [0.3, 0.4) is 0 Å². The zero-order valence-corrected chi connectivity index (χ0v) is 11.6. The molecule has 0 bridgehead atoms. The summed E-state index contributed by atoms with van der Waals surface area (Å²) in [4.78, 5) is 0. The van der Waals surface area contributed by atoms with Crippen molar-refractivity contribution in [1.29, 1.82) is 0 Å². The minimum atomic E-state index is -0.904. The van der Waals surface area contributed by atoms with Crippen LogP contribution in [0.2, 0.25) is 0 Å². The highest BCUT2D eigenvalue weighted by Crippen LogP contribution is 2.26. The van der Waals surface area contributed by atoms with Crippen LogP contribution in [0.15, 0.2) is 40.9 Å². The Balaban J connectivity index is 2.43. The Kier molecular flexibility index (Phi) is 4.27. The van der Waals surface area contributed by atoms with Crippen LogP contribution in [0.1, 0.15) is 17.2 Å².